The third kappa shape index (κ3) is 3.51. The fourth-order valence-corrected chi connectivity index (χ4v) is 2.29. The summed E-state index contributed by atoms with van der Waals surface area (Å²) in [7, 11) is 0. The second-order valence-corrected chi connectivity index (χ2v) is 5.53. The molecule has 1 aromatic rings. The van der Waals surface area contributed by atoms with Gasteiger partial charge in [0, 0.05) is 30.4 Å². The van der Waals surface area contributed by atoms with Gasteiger partial charge in [0.25, 0.3) is 0 Å². The van der Waals surface area contributed by atoms with Gasteiger partial charge in [0.15, 0.2) is 0 Å². The molecular formula is C14H23N3. The van der Waals surface area contributed by atoms with E-state index in [9.17, 15) is 0 Å². The van der Waals surface area contributed by atoms with E-state index in [0.29, 0.717) is 6.04 Å². The summed E-state index contributed by atoms with van der Waals surface area (Å²) in [6, 6.07) is 4.85. The molecule has 3 nitrogen and oxygen atoms in total. The molecule has 0 spiro atoms. The van der Waals surface area contributed by atoms with Gasteiger partial charge >= 0.3 is 0 Å². The maximum atomic E-state index is 4.21. The predicted molar refractivity (Wildman–Crippen MR) is 71.2 cm³/mol. The highest BCUT2D eigenvalue weighted by atomic mass is 15.0. The van der Waals surface area contributed by atoms with Crippen LogP contribution >= 0.6 is 0 Å². The third-order valence-corrected chi connectivity index (χ3v) is 3.61. The zero-order valence-corrected chi connectivity index (χ0v) is 10.9. The highest BCUT2D eigenvalue weighted by Gasteiger charge is 2.22. The largest absolute Gasteiger partial charge is 0.317 e. The summed E-state index contributed by atoms with van der Waals surface area (Å²) in [6.45, 7) is 7.86. The van der Waals surface area contributed by atoms with Gasteiger partial charge < -0.3 is 10.6 Å². The SMILES string of the molecule is CC(C)(CNC1CCNCC1)c1cccnc1. The number of nitrogens with zero attached hydrogens (tertiary/aromatic N) is 1. The van der Waals surface area contributed by atoms with Crippen molar-refractivity contribution in [3.05, 3.63) is 30.1 Å². The topological polar surface area (TPSA) is 37.0 Å². The van der Waals surface area contributed by atoms with Crippen molar-refractivity contribution in [2.75, 3.05) is 19.6 Å². The molecule has 0 aromatic carbocycles. The predicted octanol–water partition coefficient (Wildman–Crippen LogP) is 1.70. The van der Waals surface area contributed by atoms with Crippen LogP contribution in [0.4, 0.5) is 0 Å². The van der Waals surface area contributed by atoms with Crippen molar-refractivity contribution in [3.8, 4) is 0 Å². The second kappa shape index (κ2) is 5.61. The lowest BCUT2D eigenvalue weighted by atomic mass is 9.85. The lowest BCUT2D eigenvalue weighted by Gasteiger charge is -2.30. The van der Waals surface area contributed by atoms with Crippen LogP contribution in [0.25, 0.3) is 0 Å². The van der Waals surface area contributed by atoms with Crippen molar-refractivity contribution in [1.82, 2.24) is 15.6 Å². The van der Waals surface area contributed by atoms with Gasteiger partial charge in [-0.1, -0.05) is 19.9 Å². The summed E-state index contributed by atoms with van der Waals surface area (Å²) in [6.07, 6.45) is 6.29. The Bertz CT molecular complexity index is 329. The Morgan fingerprint density at radius 1 is 1.41 bits per heavy atom. The fraction of sp³-hybridized carbons (Fsp3) is 0.643. The van der Waals surface area contributed by atoms with Gasteiger partial charge in [0.1, 0.15) is 0 Å². The van der Waals surface area contributed by atoms with Gasteiger partial charge in [-0.25, -0.2) is 0 Å². The molecule has 1 fully saturated rings. The summed E-state index contributed by atoms with van der Waals surface area (Å²) >= 11 is 0. The molecule has 94 valence electrons. The van der Waals surface area contributed by atoms with Crippen LogP contribution in [0.15, 0.2) is 24.5 Å². The first-order valence-electron chi connectivity index (χ1n) is 6.53. The van der Waals surface area contributed by atoms with E-state index < -0.39 is 0 Å². The minimum Gasteiger partial charge on any atom is -0.317 e. The van der Waals surface area contributed by atoms with E-state index in [1.807, 2.05) is 18.5 Å². The molecular weight excluding hydrogens is 210 g/mol. The van der Waals surface area contributed by atoms with E-state index >= 15 is 0 Å². The molecule has 1 saturated heterocycles. The molecule has 1 aromatic heterocycles. The average molecular weight is 233 g/mol. The highest BCUT2D eigenvalue weighted by Crippen LogP contribution is 2.21. The Balaban J connectivity index is 1.88. The van der Waals surface area contributed by atoms with Crippen LogP contribution in [0.2, 0.25) is 0 Å². The van der Waals surface area contributed by atoms with Crippen molar-refractivity contribution in [1.29, 1.82) is 0 Å². The molecule has 2 rings (SSSR count). The lowest BCUT2D eigenvalue weighted by molar-refractivity contribution is 0.351. The van der Waals surface area contributed by atoms with Crippen molar-refractivity contribution in [2.45, 2.75) is 38.1 Å². The first-order chi connectivity index (χ1) is 8.18. The molecule has 2 N–H and O–H groups in total. The summed E-state index contributed by atoms with van der Waals surface area (Å²) in [5.41, 5.74) is 1.46. The minimum absolute atomic E-state index is 0.152. The Kier molecular flexibility index (Phi) is 4.13. The molecule has 0 radical (unpaired) electrons. The first kappa shape index (κ1) is 12.5. The van der Waals surface area contributed by atoms with Gasteiger partial charge in [-0.2, -0.15) is 0 Å². The summed E-state index contributed by atoms with van der Waals surface area (Å²) < 4.78 is 0. The molecule has 3 heteroatoms. The van der Waals surface area contributed by atoms with E-state index in [1.165, 1.54) is 18.4 Å². The van der Waals surface area contributed by atoms with Gasteiger partial charge in [-0.3, -0.25) is 4.98 Å². The monoisotopic (exact) mass is 233 g/mol. The van der Waals surface area contributed by atoms with Gasteiger partial charge in [0.2, 0.25) is 0 Å². The summed E-state index contributed by atoms with van der Waals surface area (Å²) in [5, 5.41) is 7.09. The maximum Gasteiger partial charge on any atom is 0.0305 e. The number of hydrogen-bond acceptors (Lipinski definition) is 3. The molecule has 1 aliphatic rings. The zero-order chi connectivity index (χ0) is 12.1. The van der Waals surface area contributed by atoms with E-state index in [1.54, 1.807) is 0 Å². The van der Waals surface area contributed by atoms with Crippen LogP contribution in [-0.2, 0) is 5.41 Å². The average Bonchev–Trinajstić information content (AvgIpc) is 2.39. The van der Waals surface area contributed by atoms with E-state index in [4.69, 9.17) is 0 Å². The van der Waals surface area contributed by atoms with Gasteiger partial charge in [-0.15, -0.1) is 0 Å². The molecule has 0 unspecified atom stereocenters. The Hall–Kier alpha value is -0.930. The molecule has 0 bridgehead atoms. The van der Waals surface area contributed by atoms with Crippen LogP contribution in [0.5, 0.6) is 0 Å². The minimum atomic E-state index is 0.152. The fourth-order valence-electron chi connectivity index (χ4n) is 2.29. The van der Waals surface area contributed by atoms with E-state index in [-0.39, 0.29) is 5.41 Å². The van der Waals surface area contributed by atoms with E-state index in [0.717, 1.165) is 19.6 Å². The number of pyridine rings is 1. The van der Waals surface area contributed by atoms with Crippen LogP contribution in [0.1, 0.15) is 32.3 Å². The molecule has 0 amide bonds. The van der Waals surface area contributed by atoms with Crippen LogP contribution in [0.3, 0.4) is 0 Å². The number of nitrogens with one attached hydrogen (secondary N) is 2. The van der Waals surface area contributed by atoms with E-state index in [2.05, 4.69) is 35.5 Å². The van der Waals surface area contributed by atoms with Gasteiger partial charge in [0.05, 0.1) is 0 Å². The maximum absolute atomic E-state index is 4.21. The molecule has 1 aliphatic heterocycles. The molecule has 0 saturated carbocycles. The highest BCUT2D eigenvalue weighted by molar-refractivity contribution is 5.20. The van der Waals surface area contributed by atoms with Gasteiger partial charge in [-0.05, 0) is 37.6 Å². The van der Waals surface area contributed by atoms with Crippen LogP contribution in [-0.4, -0.2) is 30.7 Å². The molecule has 2 heterocycles. The zero-order valence-electron chi connectivity index (χ0n) is 10.9. The Morgan fingerprint density at radius 2 is 2.18 bits per heavy atom. The van der Waals surface area contributed by atoms with Crippen molar-refractivity contribution >= 4 is 0 Å². The lowest BCUT2D eigenvalue weighted by Crippen LogP contribution is -2.44. The summed E-state index contributed by atoms with van der Waals surface area (Å²) in [5.74, 6) is 0. The van der Waals surface area contributed by atoms with Crippen molar-refractivity contribution < 1.29 is 0 Å². The quantitative estimate of drug-likeness (QED) is 0.831. The van der Waals surface area contributed by atoms with Crippen molar-refractivity contribution in [3.63, 3.8) is 0 Å². The number of piperidine rings is 1. The number of rotatable bonds is 4. The smallest absolute Gasteiger partial charge is 0.0305 e. The molecule has 17 heavy (non-hydrogen) atoms. The normalized spacial score (nSPS) is 18.2. The Morgan fingerprint density at radius 3 is 2.82 bits per heavy atom. The molecule has 0 aliphatic carbocycles. The number of aromatic nitrogens is 1. The van der Waals surface area contributed by atoms with Crippen molar-refractivity contribution in [2.24, 2.45) is 0 Å². The van der Waals surface area contributed by atoms with Crippen LogP contribution < -0.4 is 10.6 Å². The standard InChI is InChI=1S/C14H23N3/c1-14(2,12-4-3-7-16-10-12)11-17-13-5-8-15-9-6-13/h3-4,7,10,13,15,17H,5-6,8-9,11H2,1-2H3. The molecule has 0 atom stereocenters. The Labute approximate surface area is 104 Å². The second-order valence-electron chi connectivity index (χ2n) is 5.53. The summed E-state index contributed by atoms with van der Waals surface area (Å²) in [4.78, 5) is 4.21. The van der Waals surface area contributed by atoms with Crippen LogP contribution in [0, 0.1) is 0 Å². The number of hydrogen-bond donors (Lipinski definition) is 2. The third-order valence-electron chi connectivity index (χ3n) is 3.61. The first-order valence-corrected chi connectivity index (χ1v) is 6.53.